The van der Waals surface area contributed by atoms with Gasteiger partial charge in [-0.15, -0.1) is 18.3 Å². The molecule has 0 aliphatic heterocycles. The number of aromatic nitrogens is 3. The highest BCUT2D eigenvalue weighted by atomic mass is 32.2. The fraction of sp³-hybridized carbons (Fsp3) is 0.250. The van der Waals surface area contributed by atoms with Crippen LogP contribution in [-0.2, 0) is 14.1 Å². The Balaban J connectivity index is 2.88. The van der Waals surface area contributed by atoms with Crippen LogP contribution < -0.4 is 11.2 Å². The van der Waals surface area contributed by atoms with Crippen LogP contribution >= 0.6 is 11.8 Å². The second-order valence-corrected chi connectivity index (χ2v) is 4.87. The van der Waals surface area contributed by atoms with E-state index in [2.05, 4.69) is 11.6 Å². The van der Waals surface area contributed by atoms with Gasteiger partial charge >= 0.3 is 5.69 Å². The Bertz CT molecular complexity index is 730. The summed E-state index contributed by atoms with van der Waals surface area (Å²) in [6.07, 6.45) is 3.37. The minimum atomic E-state index is -0.370. The van der Waals surface area contributed by atoms with Gasteiger partial charge in [0.1, 0.15) is 5.65 Å². The SMILES string of the molecule is C=CCSc1ccnc2c1c(=O)n(C)c(=O)n2C. The molecule has 0 N–H and O–H groups in total. The van der Waals surface area contributed by atoms with Gasteiger partial charge in [-0.3, -0.25) is 13.9 Å². The molecule has 0 bridgehead atoms. The van der Waals surface area contributed by atoms with E-state index in [0.717, 1.165) is 9.46 Å². The minimum Gasteiger partial charge on any atom is -0.280 e. The summed E-state index contributed by atoms with van der Waals surface area (Å²) in [5.74, 6) is 0.700. The third-order valence-corrected chi connectivity index (χ3v) is 3.71. The van der Waals surface area contributed by atoms with Crippen LogP contribution in [0.5, 0.6) is 0 Å². The average molecular weight is 263 g/mol. The maximum atomic E-state index is 12.2. The Morgan fingerprint density at radius 1 is 1.39 bits per heavy atom. The average Bonchev–Trinajstić information content (AvgIpc) is 2.40. The van der Waals surface area contributed by atoms with Crippen LogP contribution in [0.1, 0.15) is 0 Å². The summed E-state index contributed by atoms with van der Waals surface area (Å²) in [7, 11) is 3.08. The Morgan fingerprint density at radius 2 is 2.11 bits per heavy atom. The highest BCUT2D eigenvalue weighted by Crippen LogP contribution is 2.23. The molecule has 0 fully saturated rings. The summed E-state index contributed by atoms with van der Waals surface area (Å²) in [4.78, 5) is 28.9. The minimum absolute atomic E-state index is 0.312. The van der Waals surface area contributed by atoms with Gasteiger partial charge in [0.25, 0.3) is 5.56 Å². The van der Waals surface area contributed by atoms with Gasteiger partial charge < -0.3 is 0 Å². The molecule has 6 heteroatoms. The lowest BCUT2D eigenvalue weighted by Gasteiger charge is -2.09. The molecular weight excluding hydrogens is 250 g/mol. The quantitative estimate of drug-likeness (QED) is 0.610. The molecule has 0 unspecified atom stereocenters. The van der Waals surface area contributed by atoms with Crippen LogP contribution in [0.15, 0.2) is 39.4 Å². The number of nitrogens with zero attached hydrogens (tertiary/aromatic N) is 3. The van der Waals surface area contributed by atoms with E-state index in [9.17, 15) is 9.59 Å². The summed E-state index contributed by atoms with van der Waals surface area (Å²) in [5.41, 5.74) is -0.268. The molecule has 2 rings (SSSR count). The monoisotopic (exact) mass is 263 g/mol. The smallest absolute Gasteiger partial charge is 0.280 e. The molecule has 2 aromatic heterocycles. The van der Waals surface area contributed by atoms with E-state index in [-0.39, 0.29) is 11.2 Å². The van der Waals surface area contributed by atoms with Crippen LogP contribution in [0.3, 0.4) is 0 Å². The van der Waals surface area contributed by atoms with Crippen molar-refractivity contribution < 1.29 is 0 Å². The molecule has 0 saturated heterocycles. The highest BCUT2D eigenvalue weighted by Gasteiger charge is 2.12. The topological polar surface area (TPSA) is 56.9 Å². The Morgan fingerprint density at radius 3 is 2.78 bits per heavy atom. The molecule has 0 amide bonds. The molecule has 5 nitrogen and oxygen atoms in total. The first-order chi connectivity index (χ1) is 8.57. The van der Waals surface area contributed by atoms with E-state index in [1.807, 2.05) is 0 Å². The van der Waals surface area contributed by atoms with E-state index in [1.54, 1.807) is 25.4 Å². The van der Waals surface area contributed by atoms with E-state index in [4.69, 9.17) is 0 Å². The molecule has 0 aliphatic rings. The highest BCUT2D eigenvalue weighted by molar-refractivity contribution is 7.99. The van der Waals surface area contributed by atoms with Gasteiger partial charge in [-0.1, -0.05) is 6.08 Å². The van der Waals surface area contributed by atoms with E-state index in [1.165, 1.54) is 23.4 Å². The van der Waals surface area contributed by atoms with E-state index < -0.39 is 0 Å². The number of hydrogen-bond donors (Lipinski definition) is 0. The third kappa shape index (κ3) is 1.88. The van der Waals surface area contributed by atoms with Gasteiger partial charge in [-0.25, -0.2) is 9.78 Å². The summed E-state index contributed by atoms with van der Waals surface area (Å²) in [6, 6.07) is 1.78. The Hall–Kier alpha value is -1.82. The maximum Gasteiger partial charge on any atom is 0.332 e. The van der Waals surface area contributed by atoms with Gasteiger partial charge in [0, 0.05) is 30.9 Å². The van der Waals surface area contributed by atoms with Crippen LogP contribution in [0, 0.1) is 0 Å². The summed E-state index contributed by atoms with van der Waals surface area (Å²) in [5, 5.41) is 0.481. The molecule has 0 radical (unpaired) electrons. The molecule has 18 heavy (non-hydrogen) atoms. The number of fused-ring (bicyclic) bond motifs is 1. The lowest BCUT2D eigenvalue weighted by Crippen LogP contribution is -2.37. The van der Waals surface area contributed by atoms with Crippen molar-refractivity contribution in [3.63, 3.8) is 0 Å². The number of thioether (sulfide) groups is 1. The van der Waals surface area contributed by atoms with Crippen molar-refractivity contribution in [3.05, 3.63) is 45.8 Å². The van der Waals surface area contributed by atoms with Gasteiger partial charge in [-0.05, 0) is 6.07 Å². The summed E-state index contributed by atoms with van der Waals surface area (Å²) < 4.78 is 2.48. The normalized spacial score (nSPS) is 10.8. The van der Waals surface area contributed by atoms with Crippen molar-refractivity contribution in [1.29, 1.82) is 0 Å². The predicted octanol–water partition coefficient (Wildman–Crippen LogP) is 0.910. The lowest BCUT2D eigenvalue weighted by molar-refractivity contribution is 0.706. The molecule has 2 heterocycles. The maximum absolute atomic E-state index is 12.2. The first-order valence-electron chi connectivity index (χ1n) is 5.36. The van der Waals surface area contributed by atoms with Gasteiger partial charge in [-0.2, -0.15) is 0 Å². The second-order valence-electron chi connectivity index (χ2n) is 3.81. The summed E-state index contributed by atoms with van der Waals surface area (Å²) in [6.45, 7) is 3.65. The molecule has 0 spiro atoms. The van der Waals surface area contributed by atoms with Crippen LogP contribution in [0.2, 0.25) is 0 Å². The standard InChI is InChI=1S/C12H13N3O2S/c1-4-7-18-8-5-6-13-10-9(8)11(16)15(3)12(17)14(10)2/h4-6H,1,7H2,2-3H3. The second kappa shape index (κ2) is 4.81. The molecule has 2 aromatic rings. The molecule has 0 aromatic carbocycles. The first-order valence-corrected chi connectivity index (χ1v) is 6.35. The fourth-order valence-corrected chi connectivity index (χ4v) is 2.51. The van der Waals surface area contributed by atoms with Crippen molar-refractivity contribution in [2.75, 3.05) is 5.75 Å². The number of pyridine rings is 1. The Kier molecular flexibility index (Phi) is 3.38. The number of aryl methyl sites for hydroxylation is 1. The van der Waals surface area contributed by atoms with Crippen LogP contribution in [0.25, 0.3) is 11.0 Å². The molecular formula is C12H13N3O2S. The zero-order valence-electron chi connectivity index (χ0n) is 10.2. The van der Waals surface area contributed by atoms with Crippen molar-refractivity contribution in [2.24, 2.45) is 14.1 Å². The molecule has 94 valence electrons. The molecule has 0 aliphatic carbocycles. The largest absolute Gasteiger partial charge is 0.332 e. The van der Waals surface area contributed by atoms with Gasteiger partial charge in [0.05, 0.1) is 5.39 Å². The van der Waals surface area contributed by atoms with E-state index >= 15 is 0 Å². The summed E-state index contributed by atoms with van der Waals surface area (Å²) >= 11 is 1.50. The van der Waals surface area contributed by atoms with Crippen molar-refractivity contribution in [2.45, 2.75) is 4.90 Å². The zero-order chi connectivity index (χ0) is 13.3. The van der Waals surface area contributed by atoms with Gasteiger partial charge in [0.15, 0.2) is 0 Å². The van der Waals surface area contributed by atoms with Crippen molar-refractivity contribution in [1.82, 2.24) is 14.1 Å². The zero-order valence-corrected chi connectivity index (χ0v) is 11.0. The van der Waals surface area contributed by atoms with Crippen LogP contribution in [-0.4, -0.2) is 19.9 Å². The molecule has 0 saturated carbocycles. The van der Waals surface area contributed by atoms with E-state index in [0.29, 0.717) is 16.8 Å². The predicted molar refractivity (Wildman–Crippen MR) is 73.1 cm³/mol. The lowest BCUT2D eigenvalue weighted by atomic mass is 10.3. The van der Waals surface area contributed by atoms with Crippen LogP contribution in [0.4, 0.5) is 0 Å². The molecule has 0 atom stereocenters. The Labute approximate surface area is 108 Å². The number of rotatable bonds is 3. The van der Waals surface area contributed by atoms with Gasteiger partial charge in [0.2, 0.25) is 0 Å². The fourth-order valence-electron chi connectivity index (χ4n) is 1.73. The third-order valence-electron chi connectivity index (χ3n) is 2.66. The van der Waals surface area contributed by atoms with Crippen molar-refractivity contribution >= 4 is 22.8 Å². The van der Waals surface area contributed by atoms with Crippen molar-refractivity contribution in [3.8, 4) is 0 Å². The first kappa shape index (κ1) is 12.6. The number of hydrogen-bond acceptors (Lipinski definition) is 4.